The molecule has 1 aromatic rings. The topological polar surface area (TPSA) is 37.3 Å². The first-order chi connectivity index (χ1) is 9.30. The highest BCUT2D eigenvalue weighted by Crippen LogP contribution is 2.29. The first kappa shape index (κ1) is 12.5. The Morgan fingerprint density at radius 2 is 2.16 bits per heavy atom. The maximum Gasteiger partial charge on any atom is 0.0811 e. The van der Waals surface area contributed by atoms with E-state index in [4.69, 9.17) is 11.8 Å². The fraction of sp³-hybridized carbons (Fsp3) is 0.143. The van der Waals surface area contributed by atoms with Crippen LogP contribution in [-0.2, 0) is 6.54 Å². The van der Waals surface area contributed by atoms with Crippen molar-refractivity contribution in [3.63, 3.8) is 0 Å². The third kappa shape index (κ3) is 2.47. The number of nitrogens with one attached hydrogen (secondary N) is 1. The SMILES string of the molecule is CNCc1ccc2nc3cc/c(=N\Cl)cc-3sc2c1. The number of halogens is 1. The van der Waals surface area contributed by atoms with E-state index in [1.807, 2.05) is 25.2 Å². The van der Waals surface area contributed by atoms with Gasteiger partial charge in [-0.1, -0.05) is 6.07 Å². The highest BCUT2D eigenvalue weighted by atomic mass is 35.5. The van der Waals surface area contributed by atoms with E-state index in [1.54, 1.807) is 11.3 Å². The molecule has 2 aliphatic rings. The molecule has 1 N–H and O–H groups in total. The molecule has 1 heterocycles. The summed E-state index contributed by atoms with van der Waals surface area (Å²) < 4.78 is 4.86. The predicted molar refractivity (Wildman–Crippen MR) is 80.4 cm³/mol. The van der Waals surface area contributed by atoms with Crippen molar-refractivity contribution in [2.24, 2.45) is 4.51 Å². The van der Waals surface area contributed by atoms with Gasteiger partial charge in [0.2, 0.25) is 0 Å². The Labute approximate surface area is 120 Å². The number of aromatic nitrogens is 1. The summed E-state index contributed by atoms with van der Waals surface area (Å²) in [5.41, 5.74) is 3.25. The third-order valence-corrected chi connectivity index (χ3v) is 4.20. The molecule has 0 fully saturated rings. The van der Waals surface area contributed by atoms with E-state index >= 15 is 0 Å². The van der Waals surface area contributed by atoms with Gasteiger partial charge >= 0.3 is 0 Å². The second kappa shape index (κ2) is 5.25. The van der Waals surface area contributed by atoms with Gasteiger partial charge in [0.1, 0.15) is 0 Å². The highest BCUT2D eigenvalue weighted by Gasteiger charge is 2.07. The summed E-state index contributed by atoms with van der Waals surface area (Å²) in [6, 6.07) is 12.1. The standard InChI is InChI=1S/C14H12ClN3S/c1-16-8-9-2-4-11-13(6-9)19-14-7-10(18-15)3-5-12(14)17-11/h2-7,16H,8H2,1H3/b18-10+. The highest BCUT2D eigenvalue weighted by molar-refractivity contribution is 7.21. The zero-order valence-corrected chi connectivity index (χ0v) is 11.9. The molecule has 96 valence electrons. The molecule has 0 saturated carbocycles. The van der Waals surface area contributed by atoms with E-state index in [-0.39, 0.29) is 0 Å². The van der Waals surface area contributed by atoms with Crippen LogP contribution in [0, 0.1) is 0 Å². The van der Waals surface area contributed by atoms with Crippen LogP contribution in [0.4, 0.5) is 0 Å². The Morgan fingerprint density at radius 3 is 2.95 bits per heavy atom. The van der Waals surface area contributed by atoms with Crippen LogP contribution in [-0.4, -0.2) is 12.0 Å². The smallest absolute Gasteiger partial charge is 0.0811 e. The maximum absolute atomic E-state index is 5.51. The van der Waals surface area contributed by atoms with Gasteiger partial charge in [-0.05, 0) is 42.9 Å². The normalized spacial score (nSPS) is 12.4. The Hall–Kier alpha value is -1.49. The summed E-state index contributed by atoms with van der Waals surface area (Å²) in [4.78, 5) is 5.75. The molecular formula is C14H12ClN3S. The lowest BCUT2D eigenvalue weighted by molar-refractivity contribution is 0.819. The first-order valence-corrected chi connectivity index (χ1v) is 7.09. The number of nitrogens with zero attached hydrogens (tertiary/aromatic N) is 2. The minimum absolute atomic E-state index is 0.762. The quantitative estimate of drug-likeness (QED) is 0.736. The molecule has 1 aliphatic carbocycles. The summed E-state index contributed by atoms with van der Waals surface area (Å²) in [6.45, 7) is 0.859. The van der Waals surface area contributed by atoms with Gasteiger partial charge in [-0.15, -0.1) is 11.3 Å². The molecule has 0 atom stereocenters. The van der Waals surface area contributed by atoms with Gasteiger partial charge < -0.3 is 5.32 Å². The fourth-order valence-corrected chi connectivity index (χ4v) is 3.19. The van der Waals surface area contributed by atoms with E-state index in [1.165, 1.54) is 10.3 Å². The van der Waals surface area contributed by atoms with Gasteiger partial charge in [-0.25, -0.2) is 4.98 Å². The molecule has 19 heavy (non-hydrogen) atoms. The monoisotopic (exact) mass is 289 g/mol. The van der Waals surface area contributed by atoms with Crippen molar-refractivity contribution in [2.45, 2.75) is 6.54 Å². The zero-order valence-electron chi connectivity index (χ0n) is 10.4. The van der Waals surface area contributed by atoms with Crippen molar-refractivity contribution in [1.82, 2.24) is 10.3 Å². The lowest BCUT2D eigenvalue weighted by atomic mass is 10.2. The van der Waals surface area contributed by atoms with Crippen molar-refractivity contribution in [1.29, 1.82) is 0 Å². The minimum Gasteiger partial charge on any atom is -0.316 e. The van der Waals surface area contributed by atoms with Crippen LogP contribution in [0.2, 0.25) is 0 Å². The molecule has 0 amide bonds. The Bertz CT molecular complexity index is 766. The maximum atomic E-state index is 5.51. The zero-order chi connectivity index (χ0) is 13.2. The second-order valence-electron chi connectivity index (χ2n) is 4.28. The molecule has 0 unspecified atom stereocenters. The number of rotatable bonds is 2. The van der Waals surface area contributed by atoms with Crippen molar-refractivity contribution in [3.8, 4) is 10.6 Å². The average molecular weight is 290 g/mol. The Kier molecular flexibility index (Phi) is 3.46. The summed E-state index contributed by atoms with van der Waals surface area (Å²) >= 11 is 7.22. The lowest BCUT2D eigenvalue weighted by Gasteiger charge is -2.07. The number of hydrogen-bond acceptors (Lipinski definition) is 4. The van der Waals surface area contributed by atoms with Crippen LogP contribution in [0.25, 0.3) is 20.8 Å². The van der Waals surface area contributed by atoms with E-state index in [0.717, 1.165) is 28.0 Å². The van der Waals surface area contributed by atoms with Crippen molar-refractivity contribution in [3.05, 3.63) is 47.3 Å². The summed E-state index contributed by atoms with van der Waals surface area (Å²) in [6.07, 6.45) is 0. The third-order valence-electron chi connectivity index (χ3n) is 2.91. The van der Waals surface area contributed by atoms with Crippen molar-refractivity contribution < 1.29 is 0 Å². The first-order valence-electron chi connectivity index (χ1n) is 5.93. The van der Waals surface area contributed by atoms with Crippen molar-refractivity contribution in [2.75, 3.05) is 7.05 Å². The molecule has 5 heteroatoms. The largest absolute Gasteiger partial charge is 0.316 e. The van der Waals surface area contributed by atoms with Gasteiger partial charge in [0.05, 0.1) is 26.1 Å². The van der Waals surface area contributed by atoms with Crippen LogP contribution >= 0.6 is 23.1 Å². The fourth-order valence-electron chi connectivity index (χ4n) is 2.02. The molecule has 0 radical (unpaired) electrons. The lowest BCUT2D eigenvalue weighted by Crippen LogP contribution is -2.04. The van der Waals surface area contributed by atoms with Crippen LogP contribution < -0.4 is 10.7 Å². The minimum atomic E-state index is 0.762. The number of hydrogen-bond donors (Lipinski definition) is 1. The molecule has 0 spiro atoms. The number of benzene rings is 2. The molecule has 0 aromatic heterocycles. The molecule has 1 aliphatic heterocycles. The van der Waals surface area contributed by atoms with E-state index < -0.39 is 0 Å². The molecule has 3 nitrogen and oxygen atoms in total. The van der Waals surface area contributed by atoms with E-state index in [9.17, 15) is 0 Å². The molecule has 0 bridgehead atoms. The molecular weight excluding hydrogens is 278 g/mol. The summed E-state index contributed by atoms with van der Waals surface area (Å²) in [7, 11) is 1.94. The van der Waals surface area contributed by atoms with Crippen LogP contribution in [0.15, 0.2) is 40.9 Å². The van der Waals surface area contributed by atoms with E-state index in [2.05, 4.69) is 33.0 Å². The van der Waals surface area contributed by atoms with Crippen LogP contribution in [0.5, 0.6) is 0 Å². The van der Waals surface area contributed by atoms with Gasteiger partial charge in [0.25, 0.3) is 0 Å². The van der Waals surface area contributed by atoms with Gasteiger partial charge in [-0.2, -0.15) is 4.51 Å². The molecule has 3 rings (SSSR count). The van der Waals surface area contributed by atoms with Gasteiger partial charge in [-0.3, -0.25) is 0 Å². The number of fused-ring (bicyclic) bond motifs is 2. The second-order valence-corrected chi connectivity index (χ2v) is 5.54. The van der Waals surface area contributed by atoms with Crippen LogP contribution in [0.3, 0.4) is 0 Å². The molecule has 0 saturated heterocycles. The predicted octanol–water partition coefficient (Wildman–Crippen LogP) is 3.18. The van der Waals surface area contributed by atoms with Crippen LogP contribution in [0.1, 0.15) is 5.56 Å². The van der Waals surface area contributed by atoms with Gasteiger partial charge in [0, 0.05) is 18.3 Å². The molecule has 1 aromatic carbocycles. The summed E-state index contributed by atoms with van der Waals surface area (Å²) in [5.74, 6) is 0. The van der Waals surface area contributed by atoms with E-state index in [0.29, 0.717) is 0 Å². The van der Waals surface area contributed by atoms with Gasteiger partial charge in [0.15, 0.2) is 0 Å². The summed E-state index contributed by atoms with van der Waals surface area (Å²) in [5, 5.41) is 3.92. The average Bonchev–Trinajstić information content (AvgIpc) is 2.45. The Balaban J connectivity index is 2.25. The Morgan fingerprint density at radius 1 is 1.26 bits per heavy atom. The van der Waals surface area contributed by atoms with Crippen molar-refractivity contribution >= 4 is 33.3 Å².